The first-order valence-electron chi connectivity index (χ1n) is 5.23. The topological polar surface area (TPSA) is 12.0 Å². The van der Waals surface area contributed by atoms with Crippen LogP contribution in [-0.2, 0) is 0 Å². The Bertz CT molecular complexity index is 421. The molecule has 2 heterocycles. The fourth-order valence-electron chi connectivity index (χ4n) is 1.68. The van der Waals surface area contributed by atoms with Crippen molar-refractivity contribution in [1.29, 1.82) is 0 Å². The van der Waals surface area contributed by atoms with Crippen molar-refractivity contribution in [3.8, 4) is 0 Å². The van der Waals surface area contributed by atoms with Gasteiger partial charge in [0.25, 0.3) is 0 Å². The Morgan fingerprint density at radius 3 is 2.62 bits per heavy atom. The van der Waals surface area contributed by atoms with Gasteiger partial charge >= 0.3 is 0 Å². The van der Waals surface area contributed by atoms with Crippen LogP contribution in [0.3, 0.4) is 0 Å². The number of thiophene rings is 2. The van der Waals surface area contributed by atoms with Gasteiger partial charge in [-0.25, -0.2) is 0 Å². The van der Waals surface area contributed by atoms with Gasteiger partial charge in [0.2, 0.25) is 0 Å². The molecule has 0 radical (unpaired) electrons. The third-order valence-electron chi connectivity index (χ3n) is 2.36. The minimum absolute atomic E-state index is 0.339. The monoisotopic (exact) mass is 315 g/mol. The zero-order chi connectivity index (χ0) is 11.5. The van der Waals surface area contributed by atoms with E-state index in [-0.39, 0.29) is 0 Å². The average molecular weight is 316 g/mol. The maximum Gasteiger partial charge on any atom is 0.0679 e. The van der Waals surface area contributed by atoms with Crippen LogP contribution in [-0.4, -0.2) is 6.54 Å². The normalized spacial score (nSPS) is 12.9. The van der Waals surface area contributed by atoms with Crippen LogP contribution in [0.25, 0.3) is 0 Å². The highest BCUT2D eigenvalue weighted by atomic mass is 79.9. The van der Waals surface area contributed by atoms with E-state index >= 15 is 0 Å². The molecule has 1 N–H and O–H groups in total. The fraction of sp³-hybridized carbons (Fsp3) is 0.333. The maximum atomic E-state index is 3.54. The summed E-state index contributed by atoms with van der Waals surface area (Å²) in [6.45, 7) is 5.28. The summed E-state index contributed by atoms with van der Waals surface area (Å²) >= 11 is 7.12. The molecule has 0 aliphatic heterocycles. The van der Waals surface area contributed by atoms with E-state index in [2.05, 4.69) is 58.0 Å². The van der Waals surface area contributed by atoms with E-state index in [4.69, 9.17) is 0 Å². The molecule has 2 aromatic heterocycles. The summed E-state index contributed by atoms with van der Waals surface area (Å²) in [6.07, 6.45) is 0. The average Bonchev–Trinajstić information content (AvgIpc) is 2.84. The van der Waals surface area contributed by atoms with Crippen LogP contribution in [0.15, 0.2) is 27.4 Å². The summed E-state index contributed by atoms with van der Waals surface area (Å²) in [6, 6.07) is 4.81. The maximum absolute atomic E-state index is 3.54. The van der Waals surface area contributed by atoms with Gasteiger partial charge in [-0.3, -0.25) is 0 Å². The lowest BCUT2D eigenvalue weighted by Gasteiger charge is -2.14. The Morgan fingerprint density at radius 2 is 2.12 bits per heavy atom. The van der Waals surface area contributed by atoms with Gasteiger partial charge in [0.1, 0.15) is 0 Å². The van der Waals surface area contributed by atoms with Crippen LogP contribution >= 0.6 is 38.6 Å². The minimum Gasteiger partial charge on any atom is -0.306 e. The standard InChI is InChI=1S/C12H14BrNS2/c1-3-14-12(9-4-8(2)15-6-9)11-5-10(13)7-16-11/h4-7,12,14H,3H2,1-2H3. The first-order valence-corrected chi connectivity index (χ1v) is 7.78. The summed E-state index contributed by atoms with van der Waals surface area (Å²) in [5, 5.41) is 7.92. The van der Waals surface area contributed by atoms with Gasteiger partial charge in [-0.05, 0) is 52.5 Å². The van der Waals surface area contributed by atoms with Crippen molar-refractivity contribution in [3.05, 3.63) is 42.7 Å². The molecule has 0 aliphatic rings. The molecule has 0 amide bonds. The molecule has 1 unspecified atom stereocenters. The molecule has 0 saturated carbocycles. The van der Waals surface area contributed by atoms with E-state index in [1.54, 1.807) is 11.3 Å². The Labute approximate surface area is 113 Å². The van der Waals surface area contributed by atoms with Gasteiger partial charge in [-0.2, -0.15) is 0 Å². The molecule has 16 heavy (non-hydrogen) atoms. The summed E-state index contributed by atoms with van der Waals surface area (Å²) in [5.41, 5.74) is 1.37. The summed E-state index contributed by atoms with van der Waals surface area (Å²) in [4.78, 5) is 2.74. The molecule has 1 nitrogen and oxygen atoms in total. The molecule has 0 fully saturated rings. The third-order valence-corrected chi connectivity index (χ3v) is 5.00. The molecule has 2 rings (SSSR count). The molecule has 0 spiro atoms. The van der Waals surface area contributed by atoms with Gasteiger partial charge in [0, 0.05) is 19.6 Å². The second-order valence-corrected chi connectivity index (χ2v) is 6.62. The van der Waals surface area contributed by atoms with Crippen molar-refractivity contribution >= 4 is 38.6 Å². The van der Waals surface area contributed by atoms with Gasteiger partial charge in [0.15, 0.2) is 0 Å². The van der Waals surface area contributed by atoms with Gasteiger partial charge in [-0.15, -0.1) is 22.7 Å². The van der Waals surface area contributed by atoms with Crippen LogP contribution < -0.4 is 5.32 Å². The van der Waals surface area contributed by atoms with Crippen molar-refractivity contribution in [2.45, 2.75) is 19.9 Å². The molecule has 0 saturated heterocycles. The zero-order valence-electron chi connectivity index (χ0n) is 9.29. The molecule has 1 atom stereocenters. The van der Waals surface area contributed by atoms with Crippen LogP contribution in [0.2, 0.25) is 0 Å². The minimum atomic E-state index is 0.339. The number of hydrogen-bond acceptors (Lipinski definition) is 3. The van der Waals surface area contributed by atoms with Crippen molar-refractivity contribution in [1.82, 2.24) is 5.32 Å². The Morgan fingerprint density at radius 1 is 1.31 bits per heavy atom. The summed E-state index contributed by atoms with van der Waals surface area (Å²) in [5.74, 6) is 0. The molecular formula is C12H14BrNS2. The van der Waals surface area contributed by atoms with Crippen molar-refractivity contribution < 1.29 is 0 Å². The third kappa shape index (κ3) is 2.74. The van der Waals surface area contributed by atoms with E-state index in [0.29, 0.717) is 6.04 Å². The smallest absolute Gasteiger partial charge is 0.0679 e. The van der Waals surface area contributed by atoms with Gasteiger partial charge < -0.3 is 5.32 Å². The lowest BCUT2D eigenvalue weighted by Crippen LogP contribution is -2.20. The van der Waals surface area contributed by atoms with E-state index in [1.165, 1.54) is 19.8 Å². The molecule has 0 aromatic carbocycles. The van der Waals surface area contributed by atoms with Gasteiger partial charge in [0.05, 0.1) is 6.04 Å². The van der Waals surface area contributed by atoms with Gasteiger partial charge in [-0.1, -0.05) is 6.92 Å². The lowest BCUT2D eigenvalue weighted by molar-refractivity contribution is 0.641. The molecule has 0 bridgehead atoms. The van der Waals surface area contributed by atoms with E-state index < -0.39 is 0 Å². The highest BCUT2D eigenvalue weighted by Crippen LogP contribution is 2.31. The highest BCUT2D eigenvalue weighted by Gasteiger charge is 2.15. The van der Waals surface area contributed by atoms with E-state index in [9.17, 15) is 0 Å². The zero-order valence-corrected chi connectivity index (χ0v) is 12.5. The molecule has 2 aromatic rings. The highest BCUT2D eigenvalue weighted by molar-refractivity contribution is 9.10. The Balaban J connectivity index is 2.30. The van der Waals surface area contributed by atoms with Crippen molar-refractivity contribution in [3.63, 3.8) is 0 Å². The van der Waals surface area contributed by atoms with E-state index in [1.807, 2.05) is 11.3 Å². The number of aryl methyl sites for hydroxylation is 1. The Kier molecular flexibility index (Phi) is 4.19. The lowest BCUT2D eigenvalue weighted by atomic mass is 10.1. The summed E-state index contributed by atoms with van der Waals surface area (Å²) in [7, 11) is 0. The fourth-order valence-corrected chi connectivity index (χ4v) is 3.96. The van der Waals surface area contributed by atoms with E-state index in [0.717, 1.165) is 6.54 Å². The van der Waals surface area contributed by atoms with Crippen molar-refractivity contribution in [2.24, 2.45) is 0 Å². The van der Waals surface area contributed by atoms with Crippen LogP contribution in [0.4, 0.5) is 0 Å². The first kappa shape index (κ1) is 12.3. The molecule has 0 aliphatic carbocycles. The Hall–Kier alpha value is -0.160. The van der Waals surface area contributed by atoms with Crippen LogP contribution in [0.1, 0.15) is 28.3 Å². The predicted molar refractivity (Wildman–Crippen MR) is 76.6 cm³/mol. The second-order valence-electron chi connectivity index (χ2n) is 3.65. The SMILES string of the molecule is CCNC(c1csc(C)c1)c1cc(Br)cs1. The number of nitrogens with one attached hydrogen (secondary N) is 1. The number of rotatable bonds is 4. The van der Waals surface area contributed by atoms with Crippen molar-refractivity contribution in [2.75, 3.05) is 6.54 Å². The second kappa shape index (κ2) is 5.45. The molecule has 4 heteroatoms. The van der Waals surface area contributed by atoms with Crippen LogP contribution in [0.5, 0.6) is 0 Å². The number of hydrogen-bond donors (Lipinski definition) is 1. The largest absolute Gasteiger partial charge is 0.306 e. The predicted octanol–water partition coefficient (Wildman–Crippen LogP) is 4.58. The summed E-state index contributed by atoms with van der Waals surface area (Å²) < 4.78 is 1.17. The van der Waals surface area contributed by atoms with Crippen LogP contribution in [0, 0.1) is 6.92 Å². The first-order chi connectivity index (χ1) is 7.70. The molecular weight excluding hydrogens is 302 g/mol. The number of halogens is 1. The molecule has 86 valence electrons. The quantitative estimate of drug-likeness (QED) is 0.870.